The lowest BCUT2D eigenvalue weighted by molar-refractivity contribution is 0.253. The number of ether oxygens (including phenoxy) is 2. The van der Waals surface area contributed by atoms with E-state index in [1.54, 1.807) is 0 Å². The quantitative estimate of drug-likeness (QED) is 0.443. The first kappa shape index (κ1) is 19.0. The molecule has 0 atom stereocenters. The fourth-order valence-corrected chi connectivity index (χ4v) is 3.24. The molecule has 0 saturated heterocycles. The molecule has 27 heavy (non-hydrogen) atoms. The van der Waals surface area contributed by atoms with Crippen molar-refractivity contribution in [2.24, 2.45) is 0 Å². The number of rotatable bonds is 8. The Balaban J connectivity index is 1.85. The maximum Gasteiger partial charge on any atom is 0.166 e. The topological polar surface area (TPSA) is 42.2 Å². The molecule has 0 saturated carbocycles. The van der Waals surface area contributed by atoms with E-state index in [0.29, 0.717) is 37.6 Å². The number of benzene rings is 3. The Labute approximate surface area is 168 Å². The van der Waals surface area contributed by atoms with Gasteiger partial charge in [0.15, 0.2) is 11.5 Å². The largest absolute Gasteiger partial charge is 0.485 e. The van der Waals surface area contributed by atoms with Gasteiger partial charge >= 0.3 is 0 Å². The van der Waals surface area contributed by atoms with Crippen LogP contribution in [0.1, 0.15) is 23.1 Å². The molecule has 3 rings (SSSR count). The maximum absolute atomic E-state index is 9.00. The summed E-state index contributed by atoms with van der Waals surface area (Å²) in [7, 11) is 0. The summed E-state index contributed by atoms with van der Waals surface area (Å²) in [6, 6.07) is 26.1. The average molecular weight is 422 g/mol. The molecule has 0 aliphatic rings. The molecule has 0 radical (unpaired) electrons. The van der Waals surface area contributed by atoms with Crippen LogP contribution in [-0.2, 0) is 19.6 Å². The molecule has 0 heterocycles. The van der Waals surface area contributed by atoms with Gasteiger partial charge in [-0.15, -0.1) is 0 Å². The van der Waals surface area contributed by atoms with Crippen molar-refractivity contribution in [2.75, 3.05) is 0 Å². The van der Waals surface area contributed by atoms with E-state index in [0.717, 1.165) is 21.2 Å². The van der Waals surface area contributed by atoms with Crippen LogP contribution in [0.2, 0.25) is 0 Å². The summed E-state index contributed by atoms with van der Waals surface area (Å²) in [4.78, 5) is 0. The third kappa shape index (κ3) is 5.35. The predicted molar refractivity (Wildman–Crippen MR) is 110 cm³/mol. The lowest BCUT2D eigenvalue weighted by atomic mass is 10.1. The molecule has 0 aliphatic heterocycles. The van der Waals surface area contributed by atoms with Crippen LogP contribution in [0.25, 0.3) is 0 Å². The van der Waals surface area contributed by atoms with Gasteiger partial charge in [-0.1, -0.05) is 76.6 Å². The van der Waals surface area contributed by atoms with Crippen LogP contribution >= 0.6 is 15.9 Å². The van der Waals surface area contributed by atoms with Gasteiger partial charge in [-0.25, -0.2) is 0 Å². The van der Waals surface area contributed by atoms with Crippen molar-refractivity contribution in [3.8, 4) is 17.6 Å². The Morgan fingerprint density at radius 2 is 1.37 bits per heavy atom. The highest BCUT2D eigenvalue weighted by Gasteiger charge is 2.15. The Bertz CT molecular complexity index is 905. The Morgan fingerprint density at radius 1 is 0.778 bits per heavy atom. The molecule has 136 valence electrons. The number of nitrogens with zero attached hydrogens (tertiary/aromatic N) is 1. The second-order valence-electron chi connectivity index (χ2n) is 6.06. The van der Waals surface area contributed by atoms with E-state index < -0.39 is 0 Å². The van der Waals surface area contributed by atoms with Crippen molar-refractivity contribution in [3.63, 3.8) is 0 Å². The standard InChI is InChI=1S/C23H20BrNO2/c24-21-13-14-22(26-16-18-8-3-1-4-9-18)23(20(21)12-7-15-25)27-17-19-10-5-2-6-11-19/h1-6,8-11,13-14H,7,12,16-17H2. The second kappa shape index (κ2) is 9.80. The second-order valence-corrected chi connectivity index (χ2v) is 6.91. The predicted octanol–water partition coefficient (Wildman–Crippen LogP) is 6.06. The summed E-state index contributed by atoms with van der Waals surface area (Å²) in [5.41, 5.74) is 3.13. The minimum absolute atomic E-state index is 0.419. The molecule has 0 N–H and O–H groups in total. The highest BCUT2D eigenvalue weighted by atomic mass is 79.9. The maximum atomic E-state index is 9.00. The SMILES string of the molecule is N#CCCc1c(Br)ccc(OCc2ccccc2)c1OCc1ccccc1. The van der Waals surface area contributed by atoms with E-state index >= 15 is 0 Å². The monoisotopic (exact) mass is 421 g/mol. The van der Waals surface area contributed by atoms with Crippen LogP contribution in [0, 0.1) is 11.3 Å². The lowest BCUT2D eigenvalue weighted by Gasteiger charge is -2.18. The first-order valence-corrected chi connectivity index (χ1v) is 9.59. The first-order valence-electron chi connectivity index (χ1n) is 8.79. The third-order valence-electron chi connectivity index (χ3n) is 4.12. The van der Waals surface area contributed by atoms with Crippen molar-refractivity contribution in [2.45, 2.75) is 26.1 Å². The van der Waals surface area contributed by atoms with Gasteiger partial charge in [0.25, 0.3) is 0 Å². The van der Waals surface area contributed by atoms with Gasteiger partial charge in [0.1, 0.15) is 13.2 Å². The summed E-state index contributed by atoms with van der Waals surface area (Å²) in [5.74, 6) is 1.38. The van der Waals surface area contributed by atoms with Crippen LogP contribution in [-0.4, -0.2) is 0 Å². The van der Waals surface area contributed by atoms with Crippen molar-refractivity contribution in [3.05, 3.63) is 94.0 Å². The van der Waals surface area contributed by atoms with Gasteiger partial charge in [0.2, 0.25) is 0 Å². The summed E-state index contributed by atoms with van der Waals surface area (Å²) in [6.07, 6.45) is 1.02. The molecule has 0 bridgehead atoms. The number of halogens is 1. The van der Waals surface area contributed by atoms with E-state index in [-0.39, 0.29) is 0 Å². The molecule has 4 heteroatoms. The first-order chi connectivity index (χ1) is 13.3. The molecule has 3 nitrogen and oxygen atoms in total. The summed E-state index contributed by atoms with van der Waals surface area (Å²) >= 11 is 3.59. The number of hydrogen-bond donors (Lipinski definition) is 0. The van der Waals surface area contributed by atoms with E-state index in [4.69, 9.17) is 14.7 Å². The van der Waals surface area contributed by atoms with Gasteiger partial charge in [-0.2, -0.15) is 5.26 Å². The molecule has 0 spiro atoms. The lowest BCUT2D eigenvalue weighted by Crippen LogP contribution is -2.04. The average Bonchev–Trinajstić information content (AvgIpc) is 2.72. The Kier molecular flexibility index (Phi) is 6.90. The van der Waals surface area contributed by atoms with Gasteiger partial charge in [0, 0.05) is 16.5 Å². The Hall–Kier alpha value is -2.77. The van der Waals surface area contributed by atoms with Gasteiger partial charge in [0.05, 0.1) is 6.07 Å². The molecule has 0 unspecified atom stereocenters. The molecule has 0 amide bonds. The molecule has 0 aliphatic carbocycles. The van der Waals surface area contributed by atoms with Crippen molar-refractivity contribution >= 4 is 15.9 Å². The van der Waals surface area contributed by atoms with E-state index in [2.05, 4.69) is 22.0 Å². The van der Waals surface area contributed by atoms with E-state index in [9.17, 15) is 0 Å². The van der Waals surface area contributed by atoms with Gasteiger partial charge < -0.3 is 9.47 Å². The van der Waals surface area contributed by atoms with Crippen LogP contribution in [0.3, 0.4) is 0 Å². The van der Waals surface area contributed by atoms with Crippen LogP contribution in [0.15, 0.2) is 77.3 Å². The zero-order valence-electron chi connectivity index (χ0n) is 14.9. The van der Waals surface area contributed by atoms with Crippen LogP contribution < -0.4 is 9.47 Å². The fraction of sp³-hybridized carbons (Fsp3) is 0.174. The fourth-order valence-electron chi connectivity index (χ4n) is 2.73. The summed E-state index contributed by atoms with van der Waals surface area (Å²) < 4.78 is 13.1. The minimum atomic E-state index is 0.419. The van der Waals surface area contributed by atoms with Gasteiger partial charge in [-0.05, 0) is 29.7 Å². The Morgan fingerprint density at radius 3 is 1.96 bits per heavy atom. The highest BCUT2D eigenvalue weighted by Crippen LogP contribution is 2.38. The minimum Gasteiger partial charge on any atom is -0.485 e. The normalized spacial score (nSPS) is 10.2. The third-order valence-corrected chi connectivity index (χ3v) is 4.86. The van der Waals surface area contributed by atoms with Crippen molar-refractivity contribution in [1.82, 2.24) is 0 Å². The van der Waals surface area contributed by atoms with Crippen molar-refractivity contribution < 1.29 is 9.47 Å². The van der Waals surface area contributed by atoms with Crippen LogP contribution in [0.5, 0.6) is 11.5 Å². The smallest absolute Gasteiger partial charge is 0.166 e. The zero-order chi connectivity index (χ0) is 18.9. The molecular formula is C23H20BrNO2. The molecular weight excluding hydrogens is 402 g/mol. The van der Waals surface area contributed by atoms with E-state index in [1.807, 2.05) is 72.8 Å². The summed E-state index contributed by atoms with van der Waals surface area (Å²) in [6.45, 7) is 0.903. The number of nitriles is 1. The summed E-state index contributed by atoms with van der Waals surface area (Å²) in [5, 5.41) is 9.00. The zero-order valence-corrected chi connectivity index (χ0v) is 16.5. The van der Waals surface area contributed by atoms with E-state index in [1.165, 1.54) is 0 Å². The molecule has 3 aromatic rings. The van der Waals surface area contributed by atoms with Crippen molar-refractivity contribution in [1.29, 1.82) is 5.26 Å². The molecule has 3 aromatic carbocycles. The van der Waals surface area contributed by atoms with Crippen LogP contribution in [0.4, 0.5) is 0 Å². The van der Waals surface area contributed by atoms with Gasteiger partial charge in [-0.3, -0.25) is 0 Å². The molecule has 0 aromatic heterocycles. The number of hydrogen-bond acceptors (Lipinski definition) is 3. The molecule has 0 fully saturated rings. The highest BCUT2D eigenvalue weighted by molar-refractivity contribution is 9.10.